The fourth-order valence-corrected chi connectivity index (χ4v) is 3.88. The minimum Gasteiger partial charge on any atom is -0.384 e. The van der Waals surface area contributed by atoms with E-state index in [2.05, 4.69) is 46.3 Å². The molecule has 7 nitrogen and oxygen atoms in total. The Morgan fingerprint density at radius 3 is 2.76 bits per heavy atom. The van der Waals surface area contributed by atoms with Crippen molar-refractivity contribution in [3.8, 4) is 0 Å². The Hall–Kier alpha value is -1.89. The number of carbonyl (C=O) groups is 1. The van der Waals surface area contributed by atoms with Gasteiger partial charge in [0, 0.05) is 30.6 Å². The highest BCUT2D eigenvalue weighted by Crippen LogP contribution is 2.31. The molecule has 7 heteroatoms. The summed E-state index contributed by atoms with van der Waals surface area (Å²) in [6, 6.07) is 1.81. The van der Waals surface area contributed by atoms with E-state index in [0.29, 0.717) is 23.6 Å². The number of nitrogens with zero attached hydrogens (tertiary/aromatic N) is 3. The van der Waals surface area contributed by atoms with Crippen LogP contribution < -0.4 is 21.3 Å². The van der Waals surface area contributed by atoms with Gasteiger partial charge in [0.1, 0.15) is 5.82 Å². The molecule has 3 heterocycles. The lowest BCUT2D eigenvalue weighted by Crippen LogP contribution is -2.51. The van der Waals surface area contributed by atoms with Gasteiger partial charge in [0.15, 0.2) is 0 Å². The maximum atomic E-state index is 12.9. The number of amides is 1. The van der Waals surface area contributed by atoms with Crippen LogP contribution >= 0.6 is 0 Å². The Labute approximate surface area is 149 Å². The average molecular weight is 346 g/mol. The molecule has 4 N–H and O–H groups in total. The zero-order valence-corrected chi connectivity index (χ0v) is 15.5. The molecule has 2 atom stereocenters. The van der Waals surface area contributed by atoms with E-state index in [1.54, 1.807) is 12.3 Å². The standard InChI is InChI=1S/C18H30N6O/c1-12(2)13-10-24(17-21-7-4-15(19)23-17)11-14(13)22-16(25)18(3)5-8-20-9-6-18/h4,7,12-14,20H,5-6,8-11H2,1-3H3,(H,22,25)(H2,19,21,23)/t13-,14+/m1/s1. The Bertz CT molecular complexity index is 613. The predicted octanol–water partition coefficient (Wildman–Crippen LogP) is 1.03. The zero-order chi connectivity index (χ0) is 18.0. The highest BCUT2D eigenvalue weighted by molar-refractivity contribution is 5.82. The van der Waals surface area contributed by atoms with Gasteiger partial charge in [-0.15, -0.1) is 0 Å². The van der Waals surface area contributed by atoms with Gasteiger partial charge >= 0.3 is 0 Å². The number of aromatic nitrogens is 2. The van der Waals surface area contributed by atoms with Crippen molar-refractivity contribution in [3.63, 3.8) is 0 Å². The number of hydrogen-bond donors (Lipinski definition) is 3. The molecular formula is C18H30N6O. The molecule has 0 radical (unpaired) electrons. The molecule has 2 saturated heterocycles. The van der Waals surface area contributed by atoms with E-state index in [1.807, 2.05) is 0 Å². The summed E-state index contributed by atoms with van der Waals surface area (Å²) in [7, 11) is 0. The van der Waals surface area contributed by atoms with Crippen molar-refractivity contribution in [3.05, 3.63) is 12.3 Å². The number of rotatable bonds is 4. The summed E-state index contributed by atoms with van der Waals surface area (Å²) < 4.78 is 0. The number of piperidine rings is 1. The van der Waals surface area contributed by atoms with Crippen LogP contribution in [0.5, 0.6) is 0 Å². The number of nitrogens with one attached hydrogen (secondary N) is 2. The van der Waals surface area contributed by atoms with Crippen molar-refractivity contribution < 1.29 is 4.79 Å². The first-order valence-corrected chi connectivity index (χ1v) is 9.24. The molecule has 0 saturated carbocycles. The second-order valence-electron chi connectivity index (χ2n) is 7.98. The summed E-state index contributed by atoms with van der Waals surface area (Å²) in [5.41, 5.74) is 5.53. The molecule has 3 rings (SSSR count). The summed E-state index contributed by atoms with van der Waals surface area (Å²) in [6.45, 7) is 9.88. The topological polar surface area (TPSA) is 96.2 Å². The first kappa shape index (κ1) is 17.9. The largest absolute Gasteiger partial charge is 0.384 e. The number of hydrogen-bond acceptors (Lipinski definition) is 6. The van der Waals surface area contributed by atoms with E-state index >= 15 is 0 Å². The molecule has 0 bridgehead atoms. The van der Waals surface area contributed by atoms with Gasteiger partial charge in [-0.1, -0.05) is 20.8 Å². The van der Waals surface area contributed by atoms with E-state index in [0.717, 1.165) is 39.0 Å². The first-order chi connectivity index (χ1) is 11.9. The average Bonchev–Trinajstić information content (AvgIpc) is 3.00. The molecular weight excluding hydrogens is 316 g/mol. The number of nitrogens with two attached hydrogens (primary N) is 1. The third-order valence-corrected chi connectivity index (χ3v) is 5.74. The molecule has 0 aromatic carbocycles. The van der Waals surface area contributed by atoms with Crippen LogP contribution in [0.25, 0.3) is 0 Å². The molecule has 0 aliphatic carbocycles. The third kappa shape index (κ3) is 3.86. The number of anilines is 2. The Balaban J connectivity index is 1.72. The van der Waals surface area contributed by atoms with Gasteiger partial charge in [-0.05, 0) is 37.9 Å². The van der Waals surface area contributed by atoms with Crippen LogP contribution in [0.4, 0.5) is 11.8 Å². The van der Waals surface area contributed by atoms with Crippen molar-refractivity contribution in [1.82, 2.24) is 20.6 Å². The lowest BCUT2D eigenvalue weighted by Gasteiger charge is -2.34. The zero-order valence-electron chi connectivity index (χ0n) is 15.5. The highest BCUT2D eigenvalue weighted by atomic mass is 16.2. The van der Waals surface area contributed by atoms with Crippen LogP contribution in [0, 0.1) is 17.3 Å². The monoisotopic (exact) mass is 346 g/mol. The molecule has 25 heavy (non-hydrogen) atoms. The van der Waals surface area contributed by atoms with Crippen LogP contribution in [0.15, 0.2) is 12.3 Å². The molecule has 2 aliphatic heterocycles. The second kappa shape index (κ2) is 7.15. The van der Waals surface area contributed by atoms with Crippen LogP contribution in [0.2, 0.25) is 0 Å². The molecule has 1 aromatic heterocycles. The van der Waals surface area contributed by atoms with Crippen molar-refractivity contribution in [2.45, 2.75) is 39.7 Å². The van der Waals surface area contributed by atoms with Crippen molar-refractivity contribution in [1.29, 1.82) is 0 Å². The van der Waals surface area contributed by atoms with E-state index in [9.17, 15) is 4.79 Å². The van der Waals surface area contributed by atoms with Gasteiger partial charge < -0.3 is 21.3 Å². The minimum atomic E-state index is -0.270. The van der Waals surface area contributed by atoms with Crippen molar-refractivity contribution >= 4 is 17.7 Å². The fraction of sp³-hybridized carbons (Fsp3) is 0.722. The van der Waals surface area contributed by atoms with Gasteiger partial charge in [-0.3, -0.25) is 4.79 Å². The maximum absolute atomic E-state index is 12.9. The molecule has 1 aromatic rings. The molecule has 1 amide bonds. The molecule has 0 unspecified atom stereocenters. The van der Waals surface area contributed by atoms with E-state index in [-0.39, 0.29) is 17.4 Å². The van der Waals surface area contributed by atoms with E-state index in [4.69, 9.17) is 5.73 Å². The quantitative estimate of drug-likeness (QED) is 0.753. The summed E-state index contributed by atoms with van der Waals surface area (Å²) in [6.07, 6.45) is 3.46. The number of nitrogen functional groups attached to an aromatic ring is 1. The smallest absolute Gasteiger partial charge is 0.227 e. The summed E-state index contributed by atoms with van der Waals surface area (Å²) in [4.78, 5) is 23.8. The second-order valence-corrected chi connectivity index (χ2v) is 7.98. The van der Waals surface area contributed by atoms with Crippen molar-refractivity contribution in [2.75, 3.05) is 36.8 Å². The maximum Gasteiger partial charge on any atom is 0.227 e. The lowest BCUT2D eigenvalue weighted by atomic mass is 9.79. The van der Waals surface area contributed by atoms with Gasteiger partial charge in [0.05, 0.1) is 6.04 Å². The molecule has 2 aliphatic rings. The van der Waals surface area contributed by atoms with Gasteiger partial charge in [-0.2, -0.15) is 4.98 Å². The van der Waals surface area contributed by atoms with Crippen LogP contribution in [0.1, 0.15) is 33.6 Å². The third-order valence-electron chi connectivity index (χ3n) is 5.74. The Morgan fingerprint density at radius 1 is 1.40 bits per heavy atom. The van der Waals surface area contributed by atoms with E-state index in [1.165, 1.54) is 0 Å². The van der Waals surface area contributed by atoms with Gasteiger partial charge in [0.2, 0.25) is 11.9 Å². The Morgan fingerprint density at radius 2 is 2.12 bits per heavy atom. The molecule has 0 spiro atoms. The van der Waals surface area contributed by atoms with Gasteiger partial charge in [0.25, 0.3) is 0 Å². The van der Waals surface area contributed by atoms with Crippen LogP contribution in [0.3, 0.4) is 0 Å². The van der Waals surface area contributed by atoms with Crippen LogP contribution in [-0.4, -0.2) is 48.1 Å². The summed E-state index contributed by atoms with van der Waals surface area (Å²) in [5, 5.41) is 6.67. The summed E-state index contributed by atoms with van der Waals surface area (Å²) in [5.74, 6) is 2.15. The summed E-state index contributed by atoms with van der Waals surface area (Å²) >= 11 is 0. The van der Waals surface area contributed by atoms with Crippen molar-refractivity contribution in [2.24, 2.45) is 17.3 Å². The number of carbonyl (C=O) groups excluding carboxylic acids is 1. The molecule has 2 fully saturated rings. The molecule has 138 valence electrons. The predicted molar refractivity (Wildman–Crippen MR) is 99.1 cm³/mol. The first-order valence-electron chi connectivity index (χ1n) is 9.24. The Kier molecular flexibility index (Phi) is 5.13. The van der Waals surface area contributed by atoms with Gasteiger partial charge in [-0.25, -0.2) is 4.98 Å². The highest BCUT2D eigenvalue weighted by Gasteiger charge is 2.41. The van der Waals surface area contributed by atoms with Crippen LogP contribution in [-0.2, 0) is 4.79 Å². The normalized spacial score (nSPS) is 26.0. The van der Waals surface area contributed by atoms with E-state index < -0.39 is 0 Å². The lowest BCUT2D eigenvalue weighted by molar-refractivity contribution is -0.132. The minimum absolute atomic E-state index is 0.115. The fourth-order valence-electron chi connectivity index (χ4n) is 3.88. The SMILES string of the molecule is CC(C)[C@H]1CN(c2nccc(N)n2)C[C@@H]1NC(=O)C1(C)CCNCC1.